The van der Waals surface area contributed by atoms with Crippen LogP contribution in [0.4, 0.5) is 0 Å². The van der Waals surface area contributed by atoms with Crippen LogP contribution in [-0.4, -0.2) is 26.0 Å². The van der Waals surface area contributed by atoms with Crippen LogP contribution in [0.15, 0.2) is 33.8 Å². The van der Waals surface area contributed by atoms with Crippen LogP contribution in [0.1, 0.15) is 13.8 Å². The number of hydrogen-bond acceptors (Lipinski definition) is 2. The van der Waals surface area contributed by atoms with Crippen LogP contribution in [-0.2, 0) is 0 Å². The largest absolute Gasteiger partial charge is 0.297 e. The summed E-state index contributed by atoms with van der Waals surface area (Å²) in [6, 6.07) is 0. The second-order valence-corrected chi connectivity index (χ2v) is 2.23. The van der Waals surface area contributed by atoms with Gasteiger partial charge in [0.05, 0.1) is 6.54 Å². The van der Waals surface area contributed by atoms with Gasteiger partial charge in [-0.2, -0.15) is 0 Å². The highest BCUT2D eigenvalue weighted by atomic mass is 14.7. The molecule has 0 unspecified atom stereocenters. The summed E-state index contributed by atoms with van der Waals surface area (Å²) in [5.41, 5.74) is 1.20. The van der Waals surface area contributed by atoms with Crippen LogP contribution in [0.5, 0.6) is 0 Å². The summed E-state index contributed by atoms with van der Waals surface area (Å²) in [6.45, 7) is 4.68. The van der Waals surface area contributed by atoms with E-state index in [1.807, 2.05) is 38.3 Å². The van der Waals surface area contributed by atoms with E-state index in [9.17, 15) is 0 Å². The monoisotopic (exact) mass is 164 g/mol. The zero-order valence-corrected chi connectivity index (χ0v) is 7.99. The Bertz CT molecular complexity index is 210. The molecule has 0 N–H and O–H groups in total. The molecule has 0 aromatic heterocycles. The molecule has 0 aromatic rings. The molecule has 0 saturated carbocycles. The Labute approximate surface area is 74.4 Å². The first-order valence-electron chi connectivity index (χ1n) is 4.03. The molecule has 0 heterocycles. The number of nitrogens with zero attached hydrogens (tertiary/aromatic N) is 2. The topological polar surface area (TPSA) is 24.7 Å². The van der Waals surface area contributed by atoms with Crippen molar-refractivity contribution in [3.63, 3.8) is 0 Å². The Kier molecular flexibility index (Phi) is 7.14. The van der Waals surface area contributed by atoms with Gasteiger partial charge in [0.2, 0.25) is 0 Å². The van der Waals surface area contributed by atoms with Gasteiger partial charge in [-0.15, -0.1) is 0 Å². The minimum Gasteiger partial charge on any atom is -0.297 e. The van der Waals surface area contributed by atoms with Crippen molar-refractivity contribution in [2.45, 2.75) is 13.8 Å². The fourth-order valence-corrected chi connectivity index (χ4v) is 0.690. The third-order valence-corrected chi connectivity index (χ3v) is 1.37. The first kappa shape index (κ1) is 10.8. The molecule has 66 valence electrons. The van der Waals surface area contributed by atoms with Gasteiger partial charge in [0.15, 0.2) is 0 Å². The second-order valence-electron chi connectivity index (χ2n) is 2.23. The van der Waals surface area contributed by atoms with Crippen LogP contribution in [0.25, 0.3) is 0 Å². The van der Waals surface area contributed by atoms with Gasteiger partial charge in [-0.05, 0) is 31.7 Å². The predicted octanol–water partition coefficient (Wildman–Crippen LogP) is 2.28. The highest BCUT2D eigenvalue weighted by Crippen LogP contribution is 1.96. The lowest BCUT2D eigenvalue weighted by Crippen LogP contribution is -1.84. The summed E-state index contributed by atoms with van der Waals surface area (Å²) in [6.07, 6.45) is 9.55. The van der Waals surface area contributed by atoms with Crippen LogP contribution in [0, 0.1) is 0 Å². The molecule has 0 aromatic carbocycles. The van der Waals surface area contributed by atoms with Gasteiger partial charge in [-0.1, -0.05) is 12.2 Å². The Balaban J connectivity index is 4.01. The average Bonchev–Trinajstić information content (AvgIpc) is 2.11. The van der Waals surface area contributed by atoms with Crippen LogP contribution >= 0.6 is 0 Å². The van der Waals surface area contributed by atoms with Gasteiger partial charge >= 0.3 is 0 Å². The maximum Gasteiger partial charge on any atom is 0.0632 e. The Morgan fingerprint density at radius 1 is 1.33 bits per heavy atom. The molecule has 0 rings (SSSR count). The fourth-order valence-electron chi connectivity index (χ4n) is 0.690. The molecular weight excluding hydrogens is 148 g/mol. The van der Waals surface area contributed by atoms with Crippen molar-refractivity contribution in [1.29, 1.82) is 0 Å². The molecule has 0 bridgehead atoms. The number of hydrogen-bond donors (Lipinski definition) is 0. The van der Waals surface area contributed by atoms with Crippen molar-refractivity contribution in [1.82, 2.24) is 0 Å². The van der Waals surface area contributed by atoms with Gasteiger partial charge in [-0.25, -0.2) is 0 Å². The van der Waals surface area contributed by atoms with Crippen LogP contribution in [0.3, 0.4) is 0 Å². The van der Waals surface area contributed by atoms with Gasteiger partial charge < -0.3 is 0 Å². The van der Waals surface area contributed by atoms with E-state index in [-0.39, 0.29) is 0 Å². The van der Waals surface area contributed by atoms with E-state index in [2.05, 4.69) is 9.98 Å². The van der Waals surface area contributed by atoms with E-state index in [1.54, 1.807) is 13.3 Å². The molecule has 0 aliphatic carbocycles. The molecule has 0 saturated heterocycles. The predicted molar refractivity (Wildman–Crippen MR) is 56.3 cm³/mol. The number of allylic oxidation sites excluding steroid dienone is 2. The molecule has 0 amide bonds. The lowest BCUT2D eigenvalue weighted by molar-refractivity contribution is 1.18. The van der Waals surface area contributed by atoms with E-state index in [4.69, 9.17) is 0 Å². The van der Waals surface area contributed by atoms with Crippen molar-refractivity contribution in [3.05, 3.63) is 23.8 Å². The number of aliphatic imine (C=N–C) groups is 2. The Morgan fingerprint density at radius 2 is 2.08 bits per heavy atom. The molecule has 0 fully saturated rings. The minimum atomic E-state index is 0.751. The summed E-state index contributed by atoms with van der Waals surface area (Å²) < 4.78 is 0. The average molecular weight is 164 g/mol. The van der Waals surface area contributed by atoms with Gasteiger partial charge in [0.1, 0.15) is 0 Å². The first-order valence-corrected chi connectivity index (χ1v) is 4.03. The minimum absolute atomic E-state index is 0.751. The summed E-state index contributed by atoms with van der Waals surface area (Å²) in [7, 11) is 1.75. The molecule has 0 atom stereocenters. The molecule has 12 heavy (non-hydrogen) atoms. The normalized spacial score (nSPS) is 14.1. The van der Waals surface area contributed by atoms with Crippen molar-refractivity contribution in [2.75, 3.05) is 13.6 Å². The van der Waals surface area contributed by atoms with E-state index < -0.39 is 0 Å². The maximum absolute atomic E-state index is 4.13. The van der Waals surface area contributed by atoms with Crippen molar-refractivity contribution >= 4 is 12.4 Å². The zero-order chi connectivity index (χ0) is 9.23. The quantitative estimate of drug-likeness (QED) is 0.450. The molecule has 2 heteroatoms. The molecule has 0 spiro atoms. The van der Waals surface area contributed by atoms with Crippen molar-refractivity contribution in [2.24, 2.45) is 9.98 Å². The van der Waals surface area contributed by atoms with E-state index in [1.165, 1.54) is 5.57 Å². The molecule has 0 aliphatic heterocycles. The van der Waals surface area contributed by atoms with E-state index in [0.29, 0.717) is 0 Å². The molecular formula is C10H16N2. The standard InChI is InChI=1S/C10H16N2/c1-4-10(9-12-5-2)7-6-8-11-3/h4-8H,9H2,1-3H3/b7-6-,10-4+,11-8?,12-5?. The maximum atomic E-state index is 4.13. The SMILES string of the molecule is CC=NCC(/C=C\C=NC)=C/C. The Morgan fingerprint density at radius 3 is 2.58 bits per heavy atom. The highest BCUT2D eigenvalue weighted by Gasteiger charge is 1.84. The highest BCUT2D eigenvalue weighted by molar-refractivity contribution is 5.71. The number of rotatable bonds is 4. The van der Waals surface area contributed by atoms with E-state index in [0.717, 1.165) is 6.54 Å². The fraction of sp³-hybridized carbons (Fsp3) is 0.400. The van der Waals surface area contributed by atoms with E-state index >= 15 is 0 Å². The van der Waals surface area contributed by atoms with Crippen LogP contribution < -0.4 is 0 Å². The lowest BCUT2D eigenvalue weighted by Gasteiger charge is -1.93. The zero-order valence-electron chi connectivity index (χ0n) is 7.99. The van der Waals surface area contributed by atoms with Gasteiger partial charge in [0, 0.05) is 13.3 Å². The summed E-state index contributed by atoms with van der Waals surface area (Å²) in [5, 5.41) is 0. The summed E-state index contributed by atoms with van der Waals surface area (Å²) >= 11 is 0. The lowest BCUT2D eigenvalue weighted by atomic mass is 10.2. The van der Waals surface area contributed by atoms with Crippen molar-refractivity contribution < 1.29 is 0 Å². The summed E-state index contributed by atoms with van der Waals surface area (Å²) in [5.74, 6) is 0. The molecule has 0 aliphatic rings. The summed E-state index contributed by atoms with van der Waals surface area (Å²) in [4.78, 5) is 7.98. The van der Waals surface area contributed by atoms with Gasteiger partial charge in [-0.3, -0.25) is 9.98 Å². The molecule has 0 radical (unpaired) electrons. The smallest absolute Gasteiger partial charge is 0.0632 e. The third-order valence-electron chi connectivity index (χ3n) is 1.37. The van der Waals surface area contributed by atoms with Crippen LogP contribution in [0.2, 0.25) is 0 Å². The Hall–Kier alpha value is -1.18. The van der Waals surface area contributed by atoms with Gasteiger partial charge in [0.25, 0.3) is 0 Å². The first-order chi connectivity index (χ1) is 5.85. The third kappa shape index (κ3) is 5.59. The molecule has 2 nitrogen and oxygen atoms in total. The second kappa shape index (κ2) is 7.92. The van der Waals surface area contributed by atoms with Crippen molar-refractivity contribution in [3.8, 4) is 0 Å².